The Balaban J connectivity index is 1.66. The number of hydrogen-bond acceptors (Lipinski definition) is 5. The van der Waals surface area contributed by atoms with E-state index < -0.39 is 0 Å². The van der Waals surface area contributed by atoms with Crippen LogP contribution in [0.25, 0.3) is 16.6 Å². The standard InChI is InChI=1S/C21H22N6O/c1-14-3-4-17(9-16(14)11-22-2)25-20-18-10-19(26-21(18)24-12-23-20)15-5-7-27(13-28)8-6-15/h3-5,9-13H,6-8H2,1-2H3,(H2,23,24,25,26). The normalized spacial score (nSPS) is 14.5. The maximum Gasteiger partial charge on any atom is 0.209 e. The van der Waals surface area contributed by atoms with Gasteiger partial charge in [0.25, 0.3) is 0 Å². The Morgan fingerprint density at radius 3 is 2.93 bits per heavy atom. The van der Waals surface area contributed by atoms with E-state index in [1.54, 1.807) is 18.3 Å². The highest BCUT2D eigenvalue weighted by molar-refractivity contribution is 5.92. The van der Waals surface area contributed by atoms with Crippen LogP contribution in [0, 0.1) is 6.92 Å². The molecule has 142 valence electrons. The largest absolute Gasteiger partial charge is 0.341 e. The minimum absolute atomic E-state index is 0.635. The zero-order chi connectivity index (χ0) is 19.5. The maximum absolute atomic E-state index is 10.9. The SMILES string of the molecule is CN=Cc1cc(Nc2ncnc3[nH]c(C4=CCN(C=O)CC4)cc23)ccc1C. The number of aromatic nitrogens is 3. The quantitative estimate of drug-likeness (QED) is 0.530. The first-order valence-corrected chi connectivity index (χ1v) is 9.20. The van der Waals surface area contributed by atoms with Gasteiger partial charge >= 0.3 is 0 Å². The number of hydrogen-bond donors (Lipinski definition) is 2. The lowest BCUT2D eigenvalue weighted by molar-refractivity contribution is -0.117. The van der Waals surface area contributed by atoms with E-state index >= 15 is 0 Å². The third-order valence-corrected chi connectivity index (χ3v) is 4.97. The number of amides is 1. The summed E-state index contributed by atoms with van der Waals surface area (Å²) in [5, 5.41) is 4.33. The van der Waals surface area contributed by atoms with E-state index in [4.69, 9.17) is 0 Å². The molecule has 1 aliphatic heterocycles. The van der Waals surface area contributed by atoms with Gasteiger partial charge in [-0.2, -0.15) is 0 Å². The third kappa shape index (κ3) is 3.51. The van der Waals surface area contributed by atoms with Gasteiger partial charge in [0.05, 0.1) is 5.39 Å². The number of anilines is 2. The van der Waals surface area contributed by atoms with Gasteiger partial charge in [0.1, 0.15) is 17.8 Å². The maximum atomic E-state index is 10.9. The van der Waals surface area contributed by atoms with E-state index in [9.17, 15) is 4.79 Å². The molecule has 2 aromatic heterocycles. The van der Waals surface area contributed by atoms with Crippen LogP contribution in [0.15, 0.2) is 41.7 Å². The van der Waals surface area contributed by atoms with Gasteiger partial charge in [-0.1, -0.05) is 12.1 Å². The second-order valence-corrected chi connectivity index (χ2v) is 6.83. The van der Waals surface area contributed by atoms with Crippen LogP contribution in [0.4, 0.5) is 11.5 Å². The molecular weight excluding hydrogens is 352 g/mol. The van der Waals surface area contributed by atoms with Crippen LogP contribution >= 0.6 is 0 Å². The number of aliphatic imine (C=N–C) groups is 1. The van der Waals surface area contributed by atoms with Crippen molar-refractivity contribution in [3.05, 3.63) is 53.5 Å². The van der Waals surface area contributed by atoms with Crippen LogP contribution < -0.4 is 5.32 Å². The van der Waals surface area contributed by atoms with Gasteiger partial charge in [-0.15, -0.1) is 0 Å². The minimum atomic E-state index is 0.635. The van der Waals surface area contributed by atoms with Gasteiger partial charge in [0, 0.05) is 37.7 Å². The fourth-order valence-electron chi connectivity index (χ4n) is 3.37. The molecule has 0 atom stereocenters. The molecule has 7 heteroatoms. The van der Waals surface area contributed by atoms with Crippen molar-refractivity contribution in [2.24, 2.45) is 4.99 Å². The number of nitrogens with one attached hydrogen (secondary N) is 2. The van der Waals surface area contributed by atoms with Crippen LogP contribution in [0.1, 0.15) is 23.2 Å². The second-order valence-electron chi connectivity index (χ2n) is 6.83. The third-order valence-electron chi connectivity index (χ3n) is 4.97. The molecule has 1 amide bonds. The number of rotatable bonds is 5. The van der Waals surface area contributed by atoms with Gasteiger partial charge in [0.15, 0.2) is 0 Å². The van der Waals surface area contributed by atoms with E-state index in [2.05, 4.69) is 56.5 Å². The number of aromatic amines is 1. The molecule has 3 heterocycles. The molecule has 0 unspecified atom stereocenters. The predicted molar refractivity (Wildman–Crippen MR) is 112 cm³/mol. The van der Waals surface area contributed by atoms with Crippen LogP contribution in [-0.4, -0.2) is 52.6 Å². The van der Waals surface area contributed by atoms with Crippen molar-refractivity contribution in [2.45, 2.75) is 13.3 Å². The van der Waals surface area contributed by atoms with Gasteiger partial charge in [-0.05, 0) is 48.2 Å². The van der Waals surface area contributed by atoms with E-state index in [0.29, 0.717) is 6.54 Å². The number of carbonyl (C=O) groups is 1. The highest BCUT2D eigenvalue weighted by Crippen LogP contribution is 2.29. The zero-order valence-corrected chi connectivity index (χ0v) is 15.9. The number of carbonyl (C=O) groups excluding carboxylic acids is 1. The summed E-state index contributed by atoms with van der Waals surface area (Å²) < 4.78 is 0. The van der Waals surface area contributed by atoms with Crippen LogP contribution in [0.2, 0.25) is 0 Å². The summed E-state index contributed by atoms with van der Waals surface area (Å²) in [6.45, 7) is 3.43. The van der Waals surface area contributed by atoms with Gasteiger partial charge < -0.3 is 15.2 Å². The Kier molecular flexibility index (Phi) is 4.89. The first-order chi connectivity index (χ1) is 13.7. The number of aryl methyl sites for hydroxylation is 1. The van der Waals surface area contributed by atoms with Crippen molar-refractivity contribution in [1.82, 2.24) is 19.9 Å². The number of fused-ring (bicyclic) bond motifs is 1. The molecule has 0 saturated carbocycles. The first-order valence-electron chi connectivity index (χ1n) is 9.20. The second kappa shape index (κ2) is 7.64. The Hall–Kier alpha value is -3.48. The Bertz CT molecular complexity index is 1080. The van der Waals surface area contributed by atoms with Crippen molar-refractivity contribution >= 4 is 40.7 Å². The molecule has 28 heavy (non-hydrogen) atoms. The van der Waals surface area contributed by atoms with Crippen LogP contribution in [0.3, 0.4) is 0 Å². The fourth-order valence-corrected chi connectivity index (χ4v) is 3.37. The Morgan fingerprint density at radius 2 is 2.18 bits per heavy atom. The minimum Gasteiger partial charge on any atom is -0.341 e. The van der Waals surface area contributed by atoms with E-state index in [0.717, 1.165) is 53.2 Å². The highest BCUT2D eigenvalue weighted by atomic mass is 16.1. The molecule has 0 radical (unpaired) electrons. The molecule has 0 spiro atoms. The summed E-state index contributed by atoms with van der Waals surface area (Å²) >= 11 is 0. The summed E-state index contributed by atoms with van der Waals surface area (Å²) in [7, 11) is 1.77. The molecular formula is C21H22N6O. The smallest absolute Gasteiger partial charge is 0.209 e. The molecule has 3 aromatic rings. The Labute approximate surface area is 163 Å². The molecule has 0 saturated heterocycles. The van der Waals surface area contributed by atoms with E-state index in [1.165, 1.54) is 11.1 Å². The molecule has 1 aromatic carbocycles. The average molecular weight is 374 g/mol. The van der Waals surface area contributed by atoms with Crippen molar-refractivity contribution in [1.29, 1.82) is 0 Å². The summed E-state index contributed by atoms with van der Waals surface area (Å²) in [5.41, 5.74) is 6.18. The molecule has 1 aliphatic rings. The average Bonchev–Trinajstić information content (AvgIpc) is 3.16. The van der Waals surface area contributed by atoms with Crippen LogP contribution in [0.5, 0.6) is 0 Å². The lowest BCUT2D eigenvalue weighted by atomic mass is 10.1. The van der Waals surface area contributed by atoms with Crippen LogP contribution in [-0.2, 0) is 4.79 Å². The van der Waals surface area contributed by atoms with E-state index in [-0.39, 0.29) is 0 Å². The number of nitrogens with zero attached hydrogens (tertiary/aromatic N) is 4. The van der Waals surface area contributed by atoms with Crippen molar-refractivity contribution in [3.63, 3.8) is 0 Å². The molecule has 0 fully saturated rings. The van der Waals surface area contributed by atoms with E-state index in [1.807, 2.05) is 12.3 Å². The molecule has 4 rings (SSSR count). The van der Waals surface area contributed by atoms with Crippen molar-refractivity contribution < 1.29 is 4.79 Å². The summed E-state index contributed by atoms with van der Waals surface area (Å²) in [4.78, 5) is 29.0. The molecule has 2 N–H and O–H groups in total. The summed E-state index contributed by atoms with van der Waals surface area (Å²) in [6, 6.07) is 8.22. The molecule has 7 nitrogen and oxygen atoms in total. The summed E-state index contributed by atoms with van der Waals surface area (Å²) in [6.07, 6.45) is 7.20. The predicted octanol–water partition coefficient (Wildman–Crippen LogP) is 3.30. The number of benzene rings is 1. The van der Waals surface area contributed by atoms with Crippen molar-refractivity contribution in [3.8, 4) is 0 Å². The van der Waals surface area contributed by atoms with Gasteiger partial charge in [-0.25, -0.2) is 9.97 Å². The lowest BCUT2D eigenvalue weighted by Crippen LogP contribution is -2.26. The van der Waals surface area contributed by atoms with Gasteiger partial charge in [0.2, 0.25) is 6.41 Å². The summed E-state index contributed by atoms with van der Waals surface area (Å²) in [5.74, 6) is 0.752. The zero-order valence-electron chi connectivity index (χ0n) is 15.9. The monoisotopic (exact) mass is 374 g/mol. The molecule has 0 aliphatic carbocycles. The van der Waals surface area contributed by atoms with Crippen molar-refractivity contribution in [2.75, 3.05) is 25.5 Å². The number of H-pyrrole nitrogens is 1. The topological polar surface area (TPSA) is 86.3 Å². The Morgan fingerprint density at radius 1 is 1.29 bits per heavy atom. The molecule has 0 bridgehead atoms. The first kappa shape index (κ1) is 17.9. The highest BCUT2D eigenvalue weighted by Gasteiger charge is 2.15. The lowest BCUT2D eigenvalue weighted by Gasteiger charge is -2.21. The van der Waals surface area contributed by atoms with Gasteiger partial charge in [-0.3, -0.25) is 9.79 Å². The fraction of sp³-hybridized carbons (Fsp3) is 0.238.